The van der Waals surface area contributed by atoms with Gasteiger partial charge in [0.1, 0.15) is 0 Å². The molecule has 1 aromatic carbocycles. The molecule has 99 valence electrons. The minimum Gasteiger partial charge on any atom is -0.347 e. The van der Waals surface area contributed by atoms with Crippen molar-refractivity contribution in [1.29, 1.82) is 0 Å². The molecule has 1 heterocycles. The molecule has 0 aliphatic carbocycles. The molecule has 19 heavy (non-hydrogen) atoms. The topological polar surface area (TPSA) is 20.3 Å². The van der Waals surface area contributed by atoms with Crippen molar-refractivity contribution < 1.29 is 37.5 Å². The van der Waals surface area contributed by atoms with E-state index in [1.807, 2.05) is 30.9 Å². The second-order valence-corrected chi connectivity index (χ2v) is 5.59. The van der Waals surface area contributed by atoms with Gasteiger partial charge in [-0.2, -0.15) is 0 Å². The van der Waals surface area contributed by atoms with Crippen molar-refractivity contribution in [2.75, 3.05) is 6.54 Å². The van der Waals surface area contributed by atoms with Crippen LogP contribution in [0.15, 0.2) is 22.7 Å². The van der Waals surface area contributed by atoms with Crippen molar-refractivity contribution in [3.05, 3.63) is 39.9 Å². The van der Waals surface area contributed by atoms with Gasteiger partial charge in [-0.25, -0.2) is 6.08 Å². The zero-order valence-electron chi connectivity index (χ0n) is 11.5. The summed E-state index contributed by atoms with van der Waals surface area (Å²) < 4.78 is 1.06. The largest absolute Gasteiger partial charge is 0.347 e. The Morgan fingerprint density at radius 1 is 1.47 bits per heavy atom. The molecule has 2 nitrogen and oxygen atoms in total. The van der Waals surface area contributed by atoms with Crippen molar-refractivity contribution in [1.82, 2.24) is 4.90 Å². The molecule has 0 saturated heterocycles. The molecule has 0 bridgehead atoms. The number of hydrogen-bond donors (Lipinski definition) is 0. The predicted molar refractivity (Wildman–Crippen MR) is 76.7 cm³/mol. The van der Waals surface area contributed by atoms with E-state index in [9.17, 15) is 4.79 Å². The minimum atomic E-state index is 0. The van der Waals surface area contributed by atoms with Crippen LogP contribution in [0.3, 0.4) is 0 Å². The molecular formula is C15H17BrNOY-. The SMILES string of the molecule is CCN1C(=O)C(C)C[C-]=C1c1ccc(Br)cc1C.[Y]. The van der Waals surface area contributed by atoms with E-state index in [4.69, 9.17) is 0 Å². The fourth-order valence-electron chi connectivity index (χ4n) is 2.26. The van der Waals surface area contributed by atoms with E-state index in [1.165, 1.54) is 0 Å². The smallest absolute Gasteiger partial charge is 0.225 e. The van der Waals surface area contributed by atoms with Gasteiger partial charge >= 0.3 is 0 Å². The third kappa shape index (κ3) is 3.56. The Morgan fingerprint density at radius 2 is 2.16 bits per heavy atom. The van der Waals surface area contributed by atoms with Gasteiger partial charge in [0.25, 0.3) is 0 Å². The van der Waals surface area contributed by atoms with E-state index in [0.717, 1.165) is 21.3 Å². The summed E-state index contributed by atoms with van der Waals surface area (Å²) in [5.74, 6) is 0.248. The average molecular weight is 396 g/mol. The van der Waals surface area contributed by atoms with Crippen molar-refractivity contribution >= 4 is 27.5 Å². The quantitative estimate of drug-likeness (QED) is 0.697. The first kappa shape index (κ1) is 17.1. The molecule has 1 unspecified atom stereocenters. The average Bonchev–Trinajstić information content (AvgIpc) is 2.33. The first-order valence-corrected chi connectivity index (χ1v) is 7.02. The summed E-state index contributed by atoms with van der Waals surface area (Å²) in [7, 11) is 0. The molecule has 1 aromatic rings. The van der Waals surface area contributed by atoms with Crippen molar-refractivity contribution in [3.63, 3.8) is 0 Å². The van der Waals surface area contributed by atoms with Crippen LogP contribution in [-0.4, -0.2) is 17.4 Å². The zero-order valence-corrected chi connectivity index (χ0v) is 16.0. The summed E-state index contributed by atoms with van der Waals surface area (Å²) >= 11 is 3.46. The number of amides is 1. The van der Waals surface area contributed by atoms with Gasteiger partial charge in [0, 0.05) is 49.6 Å². The number of benzene rings is 1. The van der Waals surface area contributed by atoms with E-state index in [1.54, 1.807) is 0 Å². The first-order chi connectivity index (χ1) is 8.54. The van der Waals surface area contributed by atoms with E-state index < -0.39 is 0 Å². The monoisotopic (exact) mass is 395 g/mol. The summed E-state index contributed by atoms with van der Waals surface area (Å²) in [6.45, 7) is 6.72. The van der Waals surface area contributed by atoms with Crippen LogP contribution in [0.4, 0.5) is 0 Å². The summed E-state index contributed by atoms with van der Waals surface area (Å²) in [6, 6.07) is 6.13. The fraction of sp³-hybridized carbons (Fsp3) is 0.400. The van der Waals surface area contributed by atoms with Crippen LogP contribution in [0.1, 0.15) is 31.4 Å². The number of aryl methyl sites for hydroxylation is 1. The third-order valence-corrected chi connectivity index (χ3v) is 3.79. The van der Waals surface area contributed by atoms with Gasteiger partial charge in [0.15, 0.2) is 0 Å². The van der Waals surface area contributed by atoms with Crippen molar-refractivity contribution in [2.24, 2.45) is 5.92 Å². The van der Waals surface area contributed by atoms with Gasteiger partial charge in [-0.3, -0.25) is 4.79 Å². The summed E-state index contributed by atoms with van der Waals surface area (Å²) in [4.78, 5) is 14.0. The van der Waals surface area contributed by atoms with Gasteiger partial charge in [-0.1, -0.05) is 48.3 Å². The van der Waals surface area contributed by atoms with E-state index in [0.29, 0.717) is 13.0 Å². The molecule has 0 aromatic heterocycles. The first-order valence-electron chi connectivity index (χ1n) is 6.23. The number of hydrogen-bond acceptors (Lipinski definition) is 1. The van der Waals surface area contributed by atoms with Gasteiger partial charge in [-0.05, 0) is 6.92 Å². The molecule has 4 heteroatoms. The Bertz CT molecular complexity index is 513. The summed E-state index contributed by atoms with van der Waals surface area (Å²) in [5.41, 5.74) is 3.19. The third-order valence-electron chi connectivity index (χ3n) is 3.29. The number of rotatable bonds is 2. The van der Waals surface area contributed by atoms with E-state index >= 15 is 0 Å². The zero-order chi connectivity index (χ0) is 13.3. The maximum absolute atomic E-state index is 12.2. The van der Waals surface area contributed by atoms with Crippen LogP contribution in [0.2, 0.25) is 0 Å². The molecule has 1 atom stereocenters. The Hall–Kier alpha value is 0.0139. The minimum absolute atomic E-state index is 0. The Kier molecular flexibility index (Phi) is 6.42. The molecule has 2 rings (SSSR count). The van der Waals surface area contributed by atoms with Crippen molar-refractivity contribution in [2.45, 2.75) is 27.2 Å². The number of carbonyl (C=O) groups is 1. The molecule has 1 aliphatic heterocycles. The predicted octanol–water partition coefficient (Wildman–Crippen LogP) is 3.79. The number of halogens is 1. The van der Waals surface area contributed by atoms with Crippen LogP contribution >= 0.6 is 15.9 Å². The van der Waals surface area contributed by atoms with Crippen LogP contribution < -0.4 is 0 Å². The number of carbonyl (C=O) groups excluding carboxylic acids is 1. The maximum Gasteiger partial charge on any atom is 0.225 e. The second kappa shape index (κ2) is 7.15. The Morgan fingerprint density at radius 3 is 2.74 bits per heavy atom. The Balaban J connectivity index is 0.00000180. The fourth-order valence-corrected chi connectivity index (χ4v) is 2.73. The molecule has 0 saturated carbocycles. The molecule has 0 spiro atoms. The van der Waals surface area contributed by atoms with Crippen LogP contribution in [-0.2, 0) is 37.5 Å². The second-order valence-electron chi connectivity index (χ2n) is 4.67. The van der Waals surface area contributed by atoms with Crippen molar-refractivity contribution in [3.8, 4) is 0 Å². The van der Waals surface area contributed by atoms with Gasteiger partial charge in [-0.15, -0.1) is 22.9 Å². The molecule has 1 radical (unpaired) electrons. The van der Waals surface area contributed by atoms with Gasteiger partial charge in [0.2, 0.25) is 5.91 Å². The van der Waals surface area contributed by atoms with Gasteiger partial charge < -0.3 is 4.90 Å². The normalized spacial score (nSPS) is 18.9. The maximum atomic E-state index is 12.2. The molecule has 1 aliphatic rings. The Labute approximate surface area is 148 Å². The van der Waals surface area contributed by atoms with E-state index in [-0.39, 0.29) is 44.5 Å². The molecule has 0 fully saturated rings. The summed E-state index contributed by atoms with van der Waals surface area (Å²) in [5, 5.41) is 0. The van der Waals surface area contributed by atoms with Crippen LogP contribution in [0.5, 0.6) is 0 Å². The summed E-state index contributed by atoms with van der Waals surface area (Å²) in [6.07, 6.45) is 4.09. The standard InChI is InChI=1S/C15H17BrNO.Y/c1-4-17-14(8-5-10(2)15(17)18)13-7-6-12(16)9-11(13)3;/h6-7,9-10H,4-5H2,1-3H3;/q-1;. The number of allylic oxidation sites excluding steroid dienone is 1. The number of nitrogens with zero attached hydrogens (tertiary/aromatic N) is 1. The van der Waals surface area contributed by atoms with Crippen LogP contribution in [0.25, 0.3) is 5.70 Å². The van der Waals surface area contributed by atoms with Gasteiger partial charge in [0.05, 0.1) is 0 Å². The molecule has 0 N–H and O–H groups in total. The molecule has 1 amide bonds. The van der Waals surface area contributed by atoms with E-state index in [2.05, 4.69) is 35.0 Å². The molecular weight excluding hydrogens is 379 g/mol. The van der Waals surface area contributed by atoms with Crippen LogP contribution in [0, 0.1) is 18.9 Å².